The van der Waals surface area contributed by atoms with Gasteiger partial charge in [0.1, 0.15) is 23.1 Å². The first kappa shape index (κ1) is 26.5. The number of carbonyl (C=O) groups excluding carboxylic acids is 1. The van der Waals surface area contributed by atoms with Crippen molar-refractivity contribution in [2.45, 2.75) is 29.6 Å². The van der Waals surface area contributed by atoms with Crippen molar-refractivity contribution in [1.82, 2.24) is 10.2 Å². The maximum Gasteiger partial charge on any atom is 0.234 e. The summed E-state index contributed by atoms with van der Waals surface area (Å²) in [6.45, 7) is 0.135. The summed E-state index contributed by atoms with van der Waals surface area (Å²) in [5.41, 5.74) is -1.45. The van der Waals surface area contributed by atoms with Gasteiger partial charge in [0.2, 0.25) is 5.91 Å². The summed E-state index contributed by atoms with van der Waals surface area (Å²) < 4.78 is 33.4. The zero-order valence-electron chi connectivity index (χ0n) is 21.6. The van der Waals surface area contributed by atoms with Gasteiger partial charge in [0.05, 0.1) is 32.4 Å². The van der Waals surface area contributed by atoms with E-state index in [0.29, 0.717) is 40.4 Å². The summed E-state index contributed by atoms with van der Waals surface area (Å²) in [4.78, 5) is 14.8. The summed E-state index contributed by atoms with van der Waals surface area (Å²) >= 11 is 3.49. The number of rotatable bonds is 7. The van der Waals surface area contributed by atoms with E-state index in [1.165, 1.54) is 26.4 Å². The fourth-order valence-electron chi connectivity index (χ4n) is 6.04. The Balaban J connectivity index is 1.80. The molecule has 0 radical (unpaired) electrons. The molecule has 0 spiro atoms. The molecular weight excluding hydrogens is 555 g/mol. The van der Waals surface area contributed by atoms with Crippen molar-refractivity contribution in [3.63, 3.8) is 0 Å². The Bertz CT molecular complexity index is 1370. The van der Waals surface area contributed by atoms with E-state index in [0.717, 1.165) is 4.47 Å². The molecule has 200 valence electrons. The second-order valence-electron chi connectivity index (χ2n) is 10.0. The SMILES string of the molecule is COc1cc(OC)c2c(c1)OC1(c3ccc(Br)cc3)C(c3cccc(F)c3)CC(NC(=O)CN(C)C)C21O. The van der Waals surface area contributed by atoms with Gasteiger partial charge in [-0.3, -0.25) is 4.79 Å². The van der Waals surface area contributed by atoms with E-state index in [2.05, 4.69) is 21.2 Å². The van der Waals surface area contributed by atoms with Gasteiger partial charge in [0, 0.05) is 22.5 Å². The van der Waals surface area contributed by atoms with Crippen LogP contribution in [0.25, 0.3) is 0 Å². The van der Waals surface area contributed by atoms with Crippen molar-refractivity contribution in [1.29, 1.82) is 0 Å². The number of methoxy groups -OCH3 is 2. The molecule has 7 nitrogen and oxygen atoms in total. The largest absolute Gasteiger partial charge is 0.496 e. The number of aliphatic hydroxyl groups is 1. The third-order valence-electron chi connectivity index (χ3n) is 7.50. The lowest BCUT2D eigenvalue weighted by molar-refractivity contribution is -0.133. The minimum Gasteiger partial charge on any atom is -0.496 e. The second kappa shape index (κ2) is 9.87. The molecular formula is C29H30BrFN2O5. The number of ether oxygens (including phenoxy) is 3. The molecule has 4 unspecified atom stereocenters. The van der Waals surface area contributed by atoms with E-state index in [4.69, 9.17) is 14.2 Å². The molecule has 1 amide bonds. The molecule has 4 atom stereocenters. The molecule has 3 aromatic rings. The molecule has 1 aliphatic carbocycles. The van der Waals surface area contributed by atoms with E-state index in [1.807, 2.05) is 30.3 Å². The van der Waals surface area contributed by atoms with E-state index >= 15 is 0 Å². The quantitative estimate of drug-likeness (QED) is 0.431. The van der Waals surface area contributed by atoms with Gasteiger partial charge in [0.25, 0.3) is 0 Å². The number of nitrogens with zero attached hydrogens (tertiary/aromatic N) is 1. The maximum atomic E-state index is 14.5. The van der Waals surface area contributed by atoms with Gasteiger partial charge < -0.3 is 29.5 Å². The first-order valence-electron chi connectivity index (χ1n) is 12.3. The Kier molecular flexibility index (Phi) is 6.87. The number of benzene rings is 3. The summed E-state index contributed by atoms with van der Waals surface area (Å²) in [5.74, 6) is 0.0562. The van der Waals surface area contributed by atoms with Gasteiger partial charge in [0.15, 0.2) is 11.2 Å². The third kappa shape index (κ3) is 4.04. The molecule has 0 bridgehead atoms. The van der Waals surface area contributed by atoms with Crippen LogP contribution in [-0.2, 0) is 16.0 Å². The molecule has 1 aliphatic heterocycles. The minimum absolute atomic E-state index is 0.135. The van der Waals surface area contributed by atoms with E-state index in [-0.39, 0.29) is 12.5 Å². The predicted molar refractivity (Wildman–Crippen MR) is 144 cm³/mol. The Hall–Kier alpha value is -3.14. The highest BCUT2D eigenvalue weighted by Crippen LogP contribution is 2.68. The van der Waals surface area contributed by atoms with Crippen LogP contribution < -0.4 is 19.5 Å². The molecule has 38 heavy (non-hydrogen) atoms. The number of fused-ring (bicyclic) bond motifs is 3. The normalized spacial score (nSPS) is 25.5. The third-order valence-corrected chi connectivity index (χ3v) is 8.03. The van der Waals surface area contributed by atoms with Gasteiger partial charge in [-0.25, -0.2) is 4.39 Å². The minimum atomic E-state index is -1.77. The maximum absolute atomic E-state index is 14.5. The van der Waals surface area contributed by atoms with E-state index < -0.39 is 29.0 Å². The van der Waals surface area contributed by atoms with Crippen LogP contribution in [0.3, 0.4) is 0 Å². The summed E-state index contributed by atoms with van der Waals surface area (Å²) in [6, 6.07) is 16.4. The van der Waals surface area contributed by atoms with Crippen molar-refractivity contribution < 1.29 is 28.5 Å². The fourth-order valence-corrected chi connectivity index (χ4v) is 6.31. The second-order valence-corrected chi connectivity index (χ2v) is 10.9. The molecule has 2 N–H and O–H groups in total. The van der Waals surface area contributed by atoms with E-state index in [1.54, 1.807) is 37.2 Å². The number of amides is 1. The standard InChI is InChI=1S/C29H30BrFN2O5/c1-33(2)16-26(34)32-25-15-22(17-6-5-7-20(31)12-17)29(18-8-10-19(30)11-9-18)28(25,35)27-23(37-4)13-21(36-3)14-24(27)38-29/h5-14,22,25,35H,15-16H2,1-4H3,(H,32,34). The van der Waals surface area contributed by atoms with Gasteiger partial charge in [-0.2, -0.15) is 0 Å². The van der Waals surface area contributed by atoms with Crippen LogP contribution in [0.1, 0.15) is 29.0 Å². The number of hydrogen-bond acceptors (Lipinski definition) is 6. The molecule has 0 saturated heterocycles. The first-order valence-corrected chi connectivity index (χ1v) is 13.1. The van der Waals surface area contributed by atoms with Crippen molar-refractivity contribution >= 4 is 21.8 Å². The van der Waals surface area contributed by atoms with Crippen molar-refractivity contribution in [3.8, 4) is 17.2 Å². The average molecular weight is 585 g/mol. The monoisotopic (exact) mass is 584 g/mol. The lowest BCUT2D eigenvalue weighted by atomic mass is 9.71. The summed E-state index contributed by atoms with van der Waals surface area (Å²) in [5, 5.41) is 16.1. The molecule has 1 heterocycles. The molecule has 1 saturated carbocycles. The van der Waals surface area contributed by atoms with Crippen LogP contribution >= 0.6 is 15.9 Å². The topological polar surface area (TPSA) is 80.3 Å². The number of nitrogens with one attached hydrogen (secondary N) is 1. The lowest BCUT2D eigenvalue weighted by Gasteiger charge is -2.41. The Morgan fingerprint density at radius 1 is 1.16 bits per heavy atom. The smallest absolute Gasteiger partial charge is 0.234 e. The number of hydrogen-bond donors (Lipinski definition) is 2. The molecule has 1 fully saturated rings. The van der Waals surface area contributed by atoms with Crippen LogP contribution in [0, 0.1) is 5.82 Å². The first-order chi connectivity index (χ1) is 18.1. The molecule has 5 rings (SSSR count). The Morgan fingerprint density at radius 2 is 1.89 bits per heavy atom. The Labute approximate surface area is 229 Å². The molecule has 2 aliphatic rings. The van der Waals surface area contributed by atoms with Crippen LogP contribution in [0.5, 0.6) is 17.2 Å². The highest BCUT2D eigenvalue weighted by molar-refractivity contribution is 9.10. The number of carbonyl (C=O) groups is 1. The highest BCUT2D eigenvalue weighted by Gasteiger charge is 2.74. The van der Waals surface area contributed by atoms with Gasteiger partial charge >= 0.3 is 0 Å². The Morgan fingerprint density at radius 3 is 2.53 bits per heavy atom. The van der Waals surface area contributed by atoms with Crippen LogP contribution in [0.15, 0.2) is 65.1 Å². The van der Waals surface area contributed by atoms with Gasteiger partial charge in [-0.15, -0.1) is 0 Å². The zero-order chi connectivity index (χ0) is 27.2. The molecule has 0 aromatic heterocycles. The average Bonchev–Trinajstić information content (AvgIpc) is 3.28. The molecule has 9 heteroatoms. The fraction of sp³-hybridized carbons (Fsp3) is 0.345. The lowest BCUT2D eigenvalue weighted by Crippen LogP contribution is -2.57. The number of likely N-dealkylation sites (N-methyl/N-ethyl adjacent to an activating group) is 1. The van der Waals surface area contributed by atoms with Crippen molar-refractivity contribution in [2.24, 2.45) is 0 Å². The molecule has 3 aromatic carbocycles. The summed E-state index contributed by atoms with van der Waals surface area (Å²) in [7, 11) is 6.65. The van der Waals surface area contributed by atoms with Crippen LogP contribution in [0.4, 0.5) is 4.39 Å². The summed E-state index contributed by atoms with van der Waals surface area (Å²) in [6.07, 6.45) is 0.295. The van der Waals surface area contributed by atoms with Gasteiger partial charge in [-0.05, 0) is 55.9 Å². The predicted octanol–water partition coefficient (Wildman–Crippen LogP) is 4.31. The highest BCUT2D eigenvalue weighted by atomic mass is 79.9. The van der Waals surface area contributed by atoms with Gasteiger partial charge in [-0.1, -0.05) is 40.2 Å². The van der Waals surface area contributed by atoms with Crippen molar-refractivity contribution in [3.05, 3.63) is 87.6 Å². The van der Waals surface area contributed by atoms with Crippen molar-refractivity contribution in [2.75, 3.05) is 34.9 Å². The van der Waals surface area contributed by atoms with Crippen LogP contribution in [-0.4, -0.2) is 56.8 Å². The van der Waals surface area contributed by atoms with E-state index in [9.17, 15) is 14.3 Å². The van der Waals surface area contributed by atoms with Crippen LogP contribution in [0.2, 0.25) is 0 Å². The number of halogens is 2. The zero-order valence-corrected chi connectivity index (χ0v) is 23.2.